The molecule has 0 amide bonds. The fraction of sp³-hybridized carbons (Fsp3) is 0.647. The Kier molecular flexibility index (Phi) is 4.82. The molecule has 1 aliphatic carbocycles. The largest absolute Gasteiger partial charge is 0.388 e. The fourth-order valence-electron chi connectivity index (χ4n) is 3.31. The van der Waals surface area contributed by atoms with Gasteiger partial charge in [-0.05, 0) is 48.6 Å². The van der Waals surface area contributed by atoms with Gasteiger partial charge in [0.15, 0.2) is 0 Å². The van der Waals surface area contributed by atoms with E-state index in [1.807, 2.05) is 0 Å². The second-order valence-electron chi connectivity index (χ2n) is 5.71. The van der Waals surface area contributed by atoms with Gasteiger partial charge in [-0.3, -0.25) is 0 Å². The van der Waals surface area contributed by atoms with E-state index in [1.54, 1.807) is 0 Å². The van der Waals surface area contributed by atoms with Gasteiger partial charge in [0.2, 0.25) is 0 Å². The van der Waals surface area contributed by atoms with Crippen LogP contribution in [0.3, 0.4) is 0 Å². The Hall–Kier alpha value is -0.820. The van der Waals surface area contributed by atoms with E-state index in [0.29, 0.717) is 5.92 Å². The lowest BCUT2D eigenvalue weighted by molar-refractivity contribution is 0.0876. The highest BCUT2D eigenvalue weighted by Gasteiger charge is 2.27. The normalized spacial score (nSPS) is 23.8. The monoisotopic (exact) mass is 246 g/mol. The number of aryl methyl sites for hydroxylation is 1. The SMILES string of the molecule is CCC(CC)CC1CCCc2ccccc2C1O. The lowest BCUT2D eigenvalue weighted by Gasteiger charge is -2.25. The third kappa shape index (κ3) is 2.95. The minimum Gasteiger partial charge on any atom is -0.388 e. The van der Waals surface area contributed by atoms with E-state index in [9.17, 15) is 5.11 Å². The third-order valence-electron chi connectivity index (χ3n) is 4.63. The van der Waals surface area contributed by atoms with Gasteiger partial charge in [-0.25, -0.2) is 0 Å². The van der Waals surface area contributed by atoms with E-state index in [4.69, 9.17) is 0 Å². The topological polar surface area (TPSA) is 20.2 Å². The first kappa shape index (κ1) is 13.6. The molecule has 0 radical (unpaired) electrons. The van der Waals surface area contributed by atoms with Crippen molar-refractivity contribution in [2.24, 2.45) is 11.8 Å². The Bertz CT molecular complexity index is 368. The minimum absolute atomic E-state index is 0.246. The first-order valence-electron chi connectivity index (χ1n) is 7.52. The van der Waals surface area contributed by atoms with Crippen molar-refractivity contribution in [3.63, 3.8) is 0 Å². The Morgan fingerprint density at radius 2 is 1.94 bits per heavy atom. The van der Waals surface area contributed by atoms with Crippen LogP contribution in [0.5, 0.6) is 0 Å². The van der Waals surface area contributed by atoms with Gasteiger partial charge in [0.25, 0.3) is 0 Å². The highest BCUT2D eigenvalue weighted by atomic mass is 16.3. The zero-order valence-corrected chi connectivity index (χ0v) is 11.7. The van der Waals surface area contributed by atoms with Gasteiger partial charge in [0.1, 0.15) is 0 Å². The molecule has 0 spiro atoms. The number of fused-ring (bicyclic) bond motifs is 1. The van der Waals surface area contributed by atoms with Gasteiger partial charge in [-0.2, -0.15) is 0 Å². The molecule has 18 heavy (non-hydrogen) atoms. The fourth-order valence-corrected chi connectivity index (χ4v) is 3.31. The van der Waals surface area contributed by atoms with E-state index < -0.39 is 0 Å². The molecule has 0 saturated heterocycles. The quantitative estimate of drug-likeness (QED) is 0.776. The van der Waals surface area contributed by atoms with Crippen molar-refractivity contribution < 1.29 is 5.11 Å². The van der Waals surface area contributed by atoms with Gasteiger partial charge >= 0.3 is 0 Å². The van der Waals surface area contributed by atoms with Crippen LogP contribution in [0.1, 0.15) is 63.2 Å². The summed E-state index contributed by atoms with van der Waals surface area (Å²) in [4.78, 5) is 0. The summed E-state index contributed by atoms with van der Waals surface area (Å²) in [7, 11) is 0. The first-order valence-corrected chi connectivity index (χ1v) is 7.52. The van der Waals surface area contributed by atoms with Crippen molar-refractivity contribution in [2.75, 3.05) is 0 Å². The molecule has 0 aromatic heterocycles. The van der Waals surface area contributed by atoms with Crippen molar-refractivity contribution >= 4 is 0 Å². The summed E-state index contributed by atoms with van der Waals surface area (Å²) in [6.07, 6.45) is 6.94. The average molecular weight is 246 g/mol. The zero-order chi connectivity index (χ0) is 13.0. The van der Waals surface area contributed by atoms with Crippen LogP contribution in [0.25, 0.3) is 0 Å². The van der Waals surface area contributed by atoms with Gasteiger partial charge in [-0.15, -0.1) is 0 Å². The molecule has 0 aliphatic heterocycles. The molecule has 100 valence electrons. The highest BCUT2D eigenvalue weighted by Crippen LogP contribution is 2.37. The first-order chi connectivity index (χ1) is 8.76. The maximum atomic E-state index is 10.6. The van der Waals surface area contributed by atoms with E-state index in [1.165, 1.54) is 43.2 Å². The molecule has 2 atom stereocenters. The van der Waals surface area contributed by atoms with Crippen LogP contribution in [0.4, 0.5) is 0 Å². The molecule has 0 heterocycles. The summed E-state index contributed by atoms with van der Waals surface area (Å²) in [5.41, 5.74) is 2.54. The lowest BCUT2D eigenvalue weighted by Crippen LogP contribution is -2.16. The molecule has 2 unspecified atom stereocenters. The van der Waals surface area contributed by atoms with E-state index in [2.05, 4.69) is 38.1 Å². The smallest absolute Gasteiger partial charge is 0.0820 e. The van der Waals surface area contributed by atoms with Crippen molar-refractivity contribution in [1.82, 2.24) is 0 Å². The molecule has 0 saturated carbocycles. The molecule has 1 aliphatic rings. The van der Waals surface area contributed by atoms with Crippen molar-refractivity contribution in [2.45, 2.75) is 58.5 Å². The highest BCUT2D eigenvalue weighted by molar-refractivity contribution is 5.30. The Morgan fingerprint density at radius 3 is 2.67 bits per heavy atom. The number of benzene rings is 1. The van der Waals surface area contributed by atoms with Crippen molar-refractivity contribution in [3.8, 4) is 0 Å². The summed E-state index contributed by atoms with van der Waals surface area (Å²) >= 11 is 0. The Morgan fingerprint density at radius 1 is 1.22 bits per heavy atom. The van der Waals surface area contributed by atoms with Crippen LogP contribution in [0.2, 0.25) is 0 Å². The molecule has 1 nitrogen and oxygen atoms in total. The maximum Gasteiger partial charge on any atom is 0.0820 e. The predicted molar refractivity (Wildman–Crippen MR) is 76.5 cm³/mol. The van der Waals surface area contributed by atoms with Gasteiger partial charge in [0.05, 0.1) is 6.10 Å². The predicted octanol–water partition coefficient (Wildman–Crippen LogP) is 4.50. The third-order valence-corrected chi connectivity index (χ3v) is 4.63. The van der Waals surface area contributed by atoms with E-state index >= 15 is 0 Å². The number of hydrogen-bond acceptors (Lipinski definition) is 1. The molecular formula is C17H26O. The molecule has 2 rings (SSSR count). The van der Waals surface area contributed by atoms with Crippen molar-refractivity contribution in [3.05, 3.63) is 35.4 Å². The van der Waals surface area contributed by atoms with Crippen LogP contribution in [0.15, 0.2) is 24.3 Å². The molecule has 1 heteroatoms. The molecule has 0 bridgehead atoms. The summed E-state index contributed by atoms with van der Waals surface area (Å²) in [6.45, 7) is 4.54. The van der Waals surface area contributed by atoms with Crippen LogP contribution >= 0.6 is 0 Å². The number of hydrogen-bond donors (Lipinski definition) is 1. The number of aliphatic hydroxyl groups excluding tert-OH is 1. The maximum absolute atomic E-state index is 10.6. The molecule has 1 aromatic rings. The summed E-state index contributed by atoms with van der Waals surface area (Å²) in [5, 5.41) is 10.6. The number of rotatable bonds is 4. The van der Waals surface area contributed by atoms with Crippen molar-refractivity contribution in [1.29, 1.82) is 0 Å². The second-order valence-corrected chi connectivity index (χ2v) is 5.71. The minimum atomic E-state index is -0.246. The molecule has 1 aromatic carbocycles. The lowest BCUT2D eigenvalue weighted by atomic mass is 9.83. The summed E-state index contributed by atoms with van der Waals surface area (Å²) < 4.78 is 0. The van der Waals surface area contributed by atoms with Crippen LogP contribution in [0, 0.1) is 11.8 Å². The zero-order valence-electron chi connectivity index (χ0n) is 11.7. The average Bonchev–Trinajstić information content (AvgIpc) is 2.56. The van der Waals surface area contributed by atoms with Crippen LogP contribution in [-0.4, -0.2) is 5.11 Å². The Balaban J connectivity index is 2.14. The van der Waals surface area contributed by atoms with E-state index in [0.717, 1.165) is 12.3 Å². The van der Waals surface area contributed by atoms with E-state index in [-0.39, 0.29) is 6.10 Å². The van der Waals surface area contributed by atoms with Gasteiger partial charge in [0, 0.05) is 0 Å². The van der Waals surface area contributed by atoms with Crippen LogP contribution in [-0.2, 0) is 6.42 Å². The van der Waals surface area contributed by atoms with Crippen LogP contribution < -0.4 is 0 Å². The molecular weight excluding hydrogens is 220 g/mol. The molecule has 0 fully saturated rings. The number of aliphatic hydroxyl groups is 1. The Labute approximate surface area is 111 Å². The van der Waals surface area contributed by atoms with Gasteiger partial charge < -0.3 is 5.11 Å². The second kappa shape index (κ2) is 6.38. The summed E-state index contributed by atoms with van der Waals surface area (Å²) in [6, 6.07) is 8.44. The molecule has 1 N–H and O–H groups in total. The standard InChI is InChI=1S/C17H26O/c1-3-13(4-2)12-15-10-7-9-14-8-5-6-11-16(14)17(15)18/h5-6,8,11,13,15,17-18H,3-4,7,9-10,12H2,1-2H3. The summed E-state index contributed by atoms with van der Waals surface area (Å²) in [5.74, 6) is 1.23. The van der Waals surface area contributed by atoms with Gasteiger partial charge in [-0.1, -0.05) is 51.0 Å².